The van der Waals surface area contributed by atoms with E-state index in [1.807, 2.05) is 18.2 Å². The lowest BCUT2D eigenvalue weighted by atomic mass is 10.2. The van der Waals surface area contributed by atoms with E-state index in [0.717, 1.165) is 15.5 Å². The third kappa shape index (κ3) is 4.07. The fourth-order valence-corrected chi connectivity index (χ4v) is 2.15. The van der Waals surface area contributed by atoms with E-state index in [4.69, 9.17) is 12.2 Å². The van der Waals surface area contributed by atoms with Gasteiger partial charge in [-0.1, -0.05) is 54.2 Å². The summed E-state index contributed by atoms with van der Waals surface area (Å²) in [5, 5.41) is 0. The average Bonchev–Trinajstić information content (AvgIpc) is 2.18. The fourth-order valence-electron chi connectivity index (χ4n) is 0.942. The molecule has 0 amide bonds. The van der Waals surface area contributed by atoms with Crippen LogP contribution in [-0.2, 0) is 0 Å². The minimum absolute atomic E-state index is 0.968. The van der Waals surface area contributed by atoms with E-state index in [1.54, 1.807) is 11.8 Å². The molecule has 0 aromatic heterocycles. The van der Waals surface area contributed by atoms with Gasteiger partial charge in [-0.15, -0.1) is 11.8 Å². The van der Waals surface area contributed by atoms with E-state index < -0.39 is 0 Å². The number of rotatable bonds is 3. The van der Waals surface area contributed by atoms with Gasteiger partial charge in [0.15, 0.2) is 0 Å². The van der Waals surface area contributed by atoms with Crippen molar-refractivity contribution in [2.45, 2.75) is 13.8 Å². The molecule has 0 aliphatic rings. The van der Waals surface area contributed by atoms with E-state index in [0.29, 0.717) is 0 Å². The van der Waals surface area contributed by atoms with Gasteiger partial charge in [0.05, 0.1) is 4.20 Å². The molecule has 1 aromatic carbocycles. The Morgan fingerprint density at radius 1 is 1.29 bits per heavy atom. The van der Waals surface area contributed by atoms with Gasteiger partial charge in [-0.05, 0) is 19.4 Å². The van der Waals surface area contributed by atoms with E-state index in [9.17, 15) is 0 Å². The number of thiocarbonyl (C=S) groups is 1. The quantitative estimate of drug-likeness (QED) is 0.559. The van der Waals surface area contributed by atoms with E-state index >= 15 is 0 Å². The van der Waals surface area contributed by atoms with Crippen molar-refractivity contribution >= 4 is 28.2 Å². The zero-order chi connectivity index (χ0) is 10.4. The molecule has 74 valence electrons. The molecule has 0 saturated heterocycles. The normalized spacial score (nSPS) is 9.57. The molecule has 1 rings (SSSR count). The number of hydrogen-bond donors (Lipinski definition) is 0. The van der Waals surface area contributed by atoms with Crippen LogP contribution in [0.5, 0.6) is 0 Å². The minimum Gasteiger partial charge on any atom is -0.110 e. The molecule has 1 aromatic rings. The Balaban J connectivity index is 2.48. The zero-order valence-electron chi connectivity index (χ0n) is 8.49. The Hall–Kier alpha value is -0.600. The predicted octanol–water partition coefficient (Wildman–Crippen LogP) is 4.06. The molecule has 0 radical (unpaired) electrons. The van der Waals surface area contributed by atoms with Crippen LogP contribution in [0.4, 0.5) is 0 Å². The molecule has 0 spiro atoms. The third-order valence-electron chi connectivity index (χ3n) is 1.72. The van der Waals surface area contributed by atoms with Crippen LogP contribution in [0.1, 0.15) is 19.4 Å². The second kappa shape index (κ2) is 5.99. The van der Waals surface area contributed by atoms with Crippen LogP contribution >= 0.6 is 24.0 Å². The van der Waals surface area contributed by atoms with Gasteiger partial charge in [0.25, 0.3) is 0 Å². The maximum atomic E-state index is 5.31. The molecule has 14 heavy (non-hydrogen) atoms. The predicted molar refractivity (Wildman–Crippen MR) is 70.0 cm³/mol. The highest BCUT2D eigenvalue weighted by molar-refractivity contribution is 8.23. The second-order valence-corrected chi connectivity index (χ2v) is 4.94. The Morgan fingerprint density at radius 2 is 1.93 bits per heavy atom. The molecule has 0 unspecified atom stereocenters. The van der Waals surface area contributed by atoms with Crippen LogP contribution in [-0.4, -0.2) is 9.95 Å². The lowest BCUT2D eigenvalue weighted by Gasteiger charge is -2.00. The average molecular weight is 222 g/mol. The number of benzene rings is 1. The molecule has 0 saturated carbocycles. The van der Waals surface area contributed by atoms with Crippen LogP contribution in [0, 0.1) is 0 Å². The summed E-state index contributed by atoms with van der Waals surface area (Å²) in [5.41, 5.74) is 2.49. The maximum Gasteiger partial charge on any atom is 0.0781 e. The Labute approximate surface area is 95.4 Å². The van der Waals surface area contributed by atoms with Crippen molar-refractivity contribution < 1.29 is 0 Å². The molecule has 0 nitrogen and oxygen atoms in total. The highest BCUT2D eigenvalue weighted by Gasteiger charge is 1.98. The van der Waals surface area contributed by atoms with Gasteiger partial charge >= 0.3 is 0 Å². The molecular weight excluding hydrogens is 208 g/mol. The monoisotopic (exact) mass is 222 g/mol. The van der Waals surface area contributed by atoms with Crippen LogP contribution in [0.3, 0.4) is 0 Å². The Bertz CT molecular complexity index is 321. The summed E-state index contributed by atoms with van der Waals surface area (Å²) < 4.78 is 0.975. The largest absolute Gasteiger partial charge is 0.110 e. The molecule has 0 aliphatic heterocycles. The first kappa shape index (κ1) is 11.5. The highest BCUT2D eigenvalue weighted by Crippen LogP contribution is 2.14. The topological polar surface area (TPSA) is 0 Å². The SMILES string of the molecule is CC(C)=CCSC(=S)c1ccccc1. The van der Waals surface area contributed by atoms with Gasteiger partial charge in [0, 0.05) is 5.75 Å². The molecule has 0 atom stereocenters. The fraction of sp³-hybridized carbons (Fsp3) is 0.250. The summed E-state index contributed by atoms with van der Waals surface area (Å²) in [5.74, 6) is 0.968. The van der Waals surface area contributed by atoms with Gasteiger partial charge in [0.2, 0.25) is 0 Å². The van der Waals surface area contributed by atoms with Gasteiger partial charge in [-0.25, -0.2) is 0 Å². The summed E-state index contributed by atoms with van der Waals surface area (Å²) in [6, 6.07) is 10.1. The van der Waals surface area contributed by atoms with E-state index in [-0.39, 0.29) is 0 Å². The first-order chi connectivity index (χ1) is 6.70. The van der Waals surface area contributed by atoms with E-state index in [1.165, 1.54) is 5.57 Å². The van der Waals surface area contributed by atoms with Crippen molar-refractivity contribution in [1.29, 1.82) is 0 Å². The van der Waals surface area contributed by atoms with Crippen molar-refractivity contribution in [2.24, 2.45) is 0 Å². The van der Waals surface area contributed by atoms with E-state index in [2.05, 4.69) is 32.1 Å². The van der Waals surface area contributed by atoms with Gasteiger partial charge in [-0.2, -0.15) is 0 Å². The summed E-state index contributed by atoms with van der Waals surface area (Å²) in [7, 11) is 0. The first-order valence-corrected chi connectivity index (χ1v) is 5.95. The number of hydrogen-bond acceptors (Lipinski definition) is 2. The number of thioether (sulfide) groups is 1. The van der Waals surface area contributed by atoms with Crippen LogP contribution < -0.4 is 0 Å². The molecule has 0 fully saturated rings. The van der Waals surface area contributed by atoms with Crippen LogP contribution in [0.25, 0.3) is 0 Å². The van der Waals surface area contributed by atoms with Gasteiger partial charge in [-0.3, -0.25) is 0 Å². The standard InChI is InChI=1S/C12H14S2/c1-10(2)8-9-14-12(13)11-6-4-3-5-7-11/h3-8H,9H2,1-2H3. The smallest absolute Gasteiger partial charge is 0.0781 e. The molecule has 2 heteroatoms. The first-order valence-electron chi connectivity index (χ1n) is 4.55. The van der Waals surface area contributed by atoms with Gasteiger partial charge in [0.1, 0.15) is 0 Å². The Morgan fingerprint density at radius 3 is 2.50 bits per heavy atom. The summed E-state index contributed by atoms with van der Waals surface area (Å²) >= 11 is 7.02. The molecular formula is C12H14S2. The van der Waals surface area contributed by atoms with Crippen molar-refractivity contribution in [3.63, 3.8) is 0 Å². The number of allylic oxidation sites excluding steroid dienone is 1. The maximum absolute atomic E-state index is 5.31. The molecule has 0 bridgehead atoms. The summed E-state index contributed by atoms with van der Waals surface area (Å²) in [6.45, 7) is 4.21. The lowest BCUT2D eigenvalue weighted by Crippen LogP contribution is -1.91. The highest BCUT2D eigenvalue weighted by atomic mass is 32.2. The molecule has 0 N–H and O–H groups in total. The second-order valence-electron chi connectivity index (χ2n) is 3.25. The minimum atomic E-state index is 0.968. The molecule has 0 heterocycles. The molecule has 0 aliphatic carbocycles. The van der Waals surface area contributed by atoms with Crippen molar-refractivity contribution in [2.75, 3.05) is 5.75 Å². The van der Waals surface area contributed by atoms with Crippen molar-refractivity contribution in [3.8, 4) is 0 Å². The summed E-state index contributed by atoms with van der Waals surface area (Å²) in [6.07, 6.45) is 2.19. The van der Waals surface area contributed by atoms with Crippen molar-refractivity contribution in [3.05, 3.63) is 47.5 Å². The third-order valence-corrected chi connectivity index (χ3v) is 3.14. The van der Waals surface area contributed by atoms with Crippen molar-refractivity contribution in [1.82, 2.24) is 0 Å². The Kier molecular flexibility index (Phi) is 4.91. The van der Waals surface area contributed by atoms with Crippen LogP contribution in [0.15, 0.2) is 42.0 Å². The lowest BCUT2D eigenvalue weighted by molar-refractivity contribution is 1.37. The summed E-state index contributed by atoms with van der Waals surface area (Å²) in [4.78, 5) is 0. The van der Waals surface area contributed by atoms with Crippen LogP contribution in [0.2, 0.25) is 0 Å². The van der Waals surface area contributed by atoms with Gasteiger partial charge < -0.3 is 0 Å². The zero-order valence-corrected chi connectivity index (χ0v) is 10.1.